The van der Waals surface area contributed by atoms with Gasteiger partial charge >= 0.3 is 0 Å². The van der Waals surface area contributed by atoms with Crippen LogP contribution in [0.25, 0.3) is 0 Å². The van der Waals surface area contributed by atoms with Crippen LogP contribution in [0.2, 0.25) is 0 Å². The zero-order valence-corrected chi connectivity index (χ0v) is 13.4. The van der Waals surface area contributed by atoms with Gasteiger partial charge in [-0.25, -0.2) is 0 Å². The molecule has 1 aromatic carbocycles. The molecule has 0 saturated heterocycles. The first-order valence-corrected chi connectivity index (χ1v) is 7.30. The number of nitrogens with one attached hydrogen (secondary N) is 1. The highest BCUT2D eigenvalue weighted by atomic mass is 16.1. The number of amides is 1. The Balaban J connectivity index is 2.68. The molecule has 1 amide bonds. The summed E-state index contributed by atoms with van der Waals surface area (Å²) in [7, 11) is 0. The Bertz CT molecular complexity index is 449. The molecule has 3 nitrogen and oxygen atoms in total. The van der Waals surface area contributed by atoms with E-state index in [1.807, 2.05) is 19.1 Å². The number of rotatable bonds is 5. The van der Waals surface area contributed by atoms with Crippen LogP contribution in [0, 0.1) is 18.3 Å². The van der Waals surface area contributed by atoms with Crippen molar-refractivity contribution >= 4 is 5.91 Å². The molecule has 0 saturated carbocycles. The minimum Gasteiger partial charge on any atom is -0.349 e. The predicted molar refractivity (Wildman–Crippen MR) is 84.4 cm³/mol. The van der Waals surface area contributed by atoms with E-state index in [-0.39, 0.29) is 23.3 Å². The van der Waals surface area contributed by atoms with Crippen molar-refractivity contribution in [2.24, 2.45) is 17.1 Å². The lowest BCUT2D eigenvalue weighted by Gasteiger charge is -2.26. The molecule has 0 aliphatic carbocycles. The van der Waals surface area contributed by atoms with Gasteiger partial charge in [-0.05, 0) is 31.2 Å². The Labute approximate surface area is 122 Å². The second kappa shape index (κ2) is 6.89. The highest BCUT2D eigenvalue weighted by Crippen LogP contribution is 2.24. The van der Waals surface area contributed by atoms with Crippen LogP contribution >= 0.6 is 0 Å². The van der Waals surface area contributed by atoms with E-state index in [2.05, 4.69) is 45.1 Å². The van der Waals surface area contributed by atoms with E-state index in [4.69, 9.17) is 5.73 Å². The first-order valence-electron chi connectivity index (χ1n) is 7.30. The number of hydrogen-bond acceptors (Lipinski definition) is 2. The first-order chi connectivity index (χ1) is 9.23. The standard InChI is InChI=1S/C17H28N2O/c1-12-7-6-8-14(9-12)13(2)19-16(20)15(11-18)10-17(3,4)5/h6-9,13,15H,10-11,18H2,1-5H3,(H,19,20)/t13-,15?/m0/s1. The van der Waals surface area contributed by atoms with Gasteiger partial charge in [0.25, 0.3) is 0 Å². The van der Waals surface area contributed by atoms with Gasteiger partial charge in [0.2, 0.25) is 5.91 Å². The molecular weight excluding hydrogens is 248 g/mol. The zero-order valence-electron chi connectivity index (χ0n) is 13.4. The maximum absolute atomic E-state index is 12.3. The third-order valence-electron chi connectivity index (χ3n) is 3.41. The lowest BCUT2D eigenvalue weighted by Crippen LogP contribution is -2.38. The second-order valence-corrected chi connectivity index (χ2v) is 6.84. The molecule has 1 rings (SSSR count). The number of carbonyl (C=O) groups is 1. The molecule has 0 heterocycles. The number of carbonyl (C=O) groups excluding carboxylic acids is 1. The van der Waals surface area contributed by atoms with Crippen LogP contribution in [0.5, 0.6) is 0 Å². The van der Waals surface area contributed by atoms with Gasteiger partial charge in [-0.2, -0.15) is 0 Å². The average molecular weight is 276 g/mol. The van der Waals surface area contributed by atoms with Gasteiger partial charge in [0.1, 0.15) is 0 Å². The van der Waals surface area contributed by atoms with Crippen molar-refractivity contribution in [2.75, 3.05) is 6.54 Å². The lowest BCUT2D eigenvalue weighted by atomic mass is 9.84. The minimum atomic E-state index is -0.123. The summed E-state index contributed by atoms with van der Waals surface area (Å²) in [5.41, 5.74) is 8.20. The van der Waals surface area contributed by atoms with E-state index in [0.29, 0.717) is 6.54 Å². The van der Waals surface area contributed by atoms with Gasteiger partial charge < -0.3 is 11.1 Å². The summed E-state index contributed by atoms with van der Waals surface area (Å²) in [5, 5.41) is 3.08. The molecule has 3 N–H and O–H groups in total. The van der Waals surface area contributed by atoms with E-state index in [1.54, 1.807) is 0 Å². The van der Waals surface area contributed by atoms with E-state index in [9.17, 15) is 4.79 Å². The molecule has 112 valence electrons. The van der Waals surface area contributed by atoms with Crippen LogP contribution < -0.4 is 11.1 Å². The summed E-state index contributed by atoms with van der Waals surface area (Å²) in [6.07, 6.45) is 0.801. The summed E-state index contributed by atoms with van der Waals surface area (Å²) in [6.45, 7) is 10.9. The molecule has 0 fully saturated rings. The normalized spacial score (nSPS) is 14.7. The van der Waals surface area contributed by atoms with Gasteiger partial charge in [0.15, 0.2) is 0 Å². The van der Waals surface area contributed by atoms with Crippen LogP contribution in [0.15, 0.2) is 24.3 Å². The van der Waals surface area contributed by atoms with E-state index >= 15 is 0 Å². The minimum absolute atomic E-state index is 0.0106. The van der Waals surface area contributed by atoms with Crippen LogP contribution in [-0.2, 0) is 4.79 Å². The fraction of sp³-hybridized carbons (Fsp3) is 0.588. The molecule has 0 aromatic heterocycles. The Morgan fingerprint density at radius 2 is 2.00 bits per heavy atom. The average Bonchev–Trinajstić information content (AvgIpc) is 2.34. The molecule has 1 aromatic rings. The quantitative estimate of drug-likeness (QED) is 0.868. The molecule has 0 radical (unpaired) electrons. The van der Waals surface area contributed by atoms with E-state index < -0.39 is 0 Å². The highest BCUT2D eigenvalue weighted by Gasteiger charge is 2.24. The number of benzene rings is 1. The Morgan fingerprint density at radius 1 is 1.35 bits per heavy atom. The van der Waals surface area contributed by atoms with Crippen LogP contribution in [0.1, 0.15) is 51.3 Å². The van der Waals surface area contributed by atoms with E-state index in [0.717, 1.165) is 12.0 Å². The summed E-state index contributed by atoms with van der Waals surface area (Å²) >= 11 is 0. The predicted octanol–water partition coefficient (Wildman–Crippen LogP) is 3.18. The SMILES string of the molecule is Cc1cccc([C@H](C)NC(=O)C(CN)CC(C)(C)C)c1. The van der Waals surface area contributed by atoms with Crippen molar-refractivity contribution in [1.29, 1.82) is 0 Å². The van der Waals surface area contributed by atoms with Gasteiger partial charge in [0, 0.05) is 6.54 Å². The summed E-state index contributed by atoms with van der Waals surface area (Å²) in [5.74, 6) is -0.0707. The third-order valence-corrected chi connectivity index (χ3v) is 3.41. The van der Waals surface area contributed by atoms with Crippen molar-refractivity contribution in [3.8, 4) is 0 Å². The maximum Gasteiger partial charge on any atom is 0.224 e. The Morgan fingerprint density at radius 3 is 2.50 bits per heavy atom. The topological polar surface area (TPSA) is 55.1 Å². The van der Waals surface area contributed by atoms with Crippen LogP contribution in [-0.4, -0.2) is 12.5 Å². The fourth-order valence-corrected chi connectivity index (χ4v) is 2.38. The van der Waals surface area contributed by atoms with Crippen molar-refractivity contribution in [1.82, 2.24) is 5.32 Å². The number of nitrogens with two attached hydrogens (primary N) is 1. The molecule has 0 aliphatic heterocycles. The molecule has 2 atom stereocenters. The number of hydrogen-bond donors (Lipinski definition) is 2. The Hall–Kier alpha value is -1.35. The smallest absolute Gasteiger partial charge is 0.224 e. The maximum atomic E-state index is 12.3. The first kappa shape index (κ1) is 16.7. The lowest BCUT2D eigenvalue weighted by molar-refractivity contribution is -0.126. The molecule has 0 spiro atoms. The molecule has 0 bridgehead atoms. The molecule has 0 aliphatic rings. The highest BCUT2D eigenvalue weighted by molar-refractivity contribution is 5.79. The Kier molecular flexibility index (Phi) is 5.75. The molecular formula is C17H28N2O. The van der Waals surface area contributed by atoms with Crippen molar-refractivity contribution in [3.05, 3.63) is 35.4 Å². The molecule has 1 unspecified atom stereocenters. The zero-order chi connectivity index (χ0) is 15.3. The molecule has 3 heteroatoms. The summed E-state index contributed by atoms with van der Waals surface area (Å²) in [4.78, 5) is 12.3. The van der Waals surface area contributed by atoms with Crippen molar-refractivity contribution in [2.45, 2.75) is 47.1 Å². The van der Waals surface area contributed by atoms with Gasteiger partial charge in [-0.1, -0.05) is 50.6 Å². The fourth-order valence-electron chi connectivity index (χ4n) is 2.38. The number of aryl methyl sites for hydroxylation is 1. The largest absolute Gasteiger partial charge is 0.349 e. The monoisotopic (exact) mass is 276 g/mol. The van der Waals surface area contributed by atoms with Crippen molar-refractivity contribution < 1.29 is 4.79 Å². The van der Waals surface area contributed by atoms with Crippen LogP contribution in [0.4, 0.5) is 0 Å². The summed E-state index contributed by atoms with van der Waals surface area (Å²) < 4.78 is 0. The molecule has 20 heavy (non-hydrogen) atoms. The van der Waals surface area contributed by atoms with Gasteiger partial charge in [-0.15, -0.1) is 0 Å². The van der Waals surface area contributed by atoms with Crippen LogP contribution in [0.3, 0.4) is 0 Å². The van der Waals surface area contributed by atoms with Gasteiger partial charge in [-0.3, -0.25) is 4.79 Å². The summed E-state index contributed by atoms with van der Waals surface area (Å²) in [6, 6.07) is 8.23. The second-order valence-electron chi connectivity index (χ2n) is 6.84. The third kappa shape index (κ3) is 5.33. The van der Waals surface area contributed by atoms with Gasteiger partial charge in [0.05, 0.1) is 12.0 Å². The van der Waals surface area contributed by atoms with Crippen molar-refractivity contribution in [3.63, 3.8) is 0 Å². The van der Waals surface area contributed by atoms with E-state index in [1.165, 1.54) is 5.56 Å².